The van der Waals surface area contributed by atoms with E-state index >= 15 is 0 Å². The van der Waals surface area contributed by atoms with Gasteiger partial charge in [0.1, 0.15) is 5.75 Å². The number of carbonyl (C=O) groups is 1. The molecule has 154 valence electrons. The molecular formula is C26H33NO2. The minimum atomic E-state index is -0.194. The average molecular weight is 392 g/mol. The van der Waals surface area contributed by atoms with Crippen LogP contribution < -0.4 is 5.32 Å². The number of phenols is 1. The molecule has 0 fully saturated rings. The molecule has 0 heterocycles. The zero-order chi connectivity index (χ0) is 21.4. The molecule has 0 spiro atoms. The Bertz CT molecular complexity index is 878. The third kappa shape index (κ3) is 7.26. The number of anilines is 1. The van der Waals surface area contributed by atoms with Crippen molar-refractivity contribution in [2.24, 2.45) is 5.41 Å². The van der Waals surface area contributed by atoms with Gasteiger partial charge in [0.05, 0.1) is 0 Å². The lowest BCUT2D eigenvalue weighted by Crippen LogP contribution is -2.19. The molecule has 3 nitrogen and oxygen atoms in total. The molecule has 1 aromatic carbocycles. The molecule has 2 rings (SSSR count). The molecule has 1 aliphatic rings. The number of hydrogen-bond acceptors (Lipinski definition) is 2. The summed E-state index contributed by atoms with van der Waals surface area (Å²) in [4.78, 5) is 12.1. The van der Waals surface area contributed by atoms with Crippen LogP contribution in [0.1, 0.15) is 53.9 Å². The molecule has 0 unspecified atom stereocenters. The molecule has 29 heavy (non-hydrogen) atoms. The van der Waals surface area contributed by atoms with Gasteiger partial charge < -0.3 is 10.4 Å². The highest BCUT2D eigenvalue weighted by atomic mass is 16.3. The number of allylic oxidation sites excluding steroid dienone is 9. The van der Waals surface area contributed by atoms with Gasteiger partial charge in [0.15, 0.2) is 0 Å². The normalized spacial score (nSPS) is 18.0. The van der Waals surface area contributed by atoms with Crippen LogP contribution in [0.25, 0.3) is 0 Å². The van der Waals surface area contributed by atoms with Crippen molar-refractivity contribution < 1.29 is 9.90 Å². The first-order valence-electron chi connectivity index (χ1n) is 10.2. The molecule has 0 aromatic heterocycles. The van der Waals surface area contributed by atoms with E-state index in [4.69, 9.17) is 0 Å². The van der Waals surface area contributed by atoms with Gasteiger partial charge in [0.25, 0.3) is 0 Å². The first-order valence-corrected chi connectivity index (χ1v) is 10.2. The molecule has 0 aliphatic heterocycles. The number of benzene rings is 1. The summed E-state index contributed by atoms with van der Waals surface area (Å²) in [6.45, 7) is 10.9. The van der Waals surface area contributed by atoms with Crippen molar-refractivity contribution in [2.75, 3.05) is 5.32 Å². The van der Waals surface area contributed by atoms with Crippen LogP contribution in [-0.4, -0.2) is 11.0 Å². The lowest BCUT2D eigenvalue weighted by Gasteiger charge is -2.32. The molecule has 0 saturated heterocycles. The second-order valence-electron chi connectivity index (χ2n) is 8.46. The fourth-order valence-corrected chi connectivity index (χ4v) is 3.61. The van der Waals surface area contributed by atoms with Crippen molar-refractivity contribution in [3.05, 3.63) is 83.0 Å². The molecule has 0 saturated carbocycles. The van der Waals surface area contributed by atoms with Crippen molar-refractivity contribution in [2.45, 2.75) is 53.9 Å². The second-order valence-corrected chi connectivity index (χ2v) is 8.46. The standard InChI is InChI=1S/C26H33NO2/c1-19(11-16-24-21(3)10-7-17-26(24,4)5)8-6-9-20(2)18-25(29)27-22-12-14-23(28)15-13-22/h6,8-9,11-16,18,28H,7,10,17H2,1-5H3,(H,27,29)/b9-6-,16-11+,19-8-,20-18-. The van der Waals surface area contributed by atoms with Gasteiger partial charge in [-0.05, 0) is 80.9 Å². The molecule has 2 N–H and O–H groups in total. The van der Waals surface area contributed by atoms with Gasteiger partial charge in [-0.15, -0.1) is 0 Å². The smallest absolute Gasteiger partial charge is 0.248 e. The van der Waals surface area contributed by atoms with Crippen molar-refractivity contribution in [3.8, 4) is 5.75 Å². The van der Waals surface area contributed by atoms with Gasteiger partial charge in [0, 0.05) is 11.8 Å². The van der Waals surface area contributed by atoms with Gasteiger partial charge in [-0.1, -0.05) is 55.4 Å². The maximum absolute atomic E-state index is 12.1. The van der Waals surface area contributed by atoms with Crippen LogP contribution >= 0.6 is 0 Å². The monoisotopic (exact) mass is 391 g/mol. The lowest BCUT2D eigenvalue weighted by atomic mass is 9.72. The Balaban J connectivity index is 1.95. The predicted octanol–water partition coefficient (Wildman–Crippen LogP) is 6.86. The summed E-state index contributed by atoms with van der Waals surface area (Å²) in [6, 6.07) is 6.41. The van der Waals surface area contributed by atoms with E-state index in [1.54, 1.807) is 30.3 Å². The van der Waals surface area contributed by atoms with E-state index in [1.165, 1.54) is 36.0 Å². The maximum Gasteiger partial charge on any atom is 0.248 e. The Morgan fingerprint density at radius 1 is 1.10 bits per heavy atom. The number of amides is 1. The fourth-order valence-electron chi connectivity index (χ4n) is 3.61. The molecular weight excluding hydrogens is 358 g/mol. The number of carbonyl (C=O) groups excluding carboxylic acids is 1. The third-order valence-corrected chi connectivity index (χ3v) is 5.27. The summed E-state index contributed by atoms with van der Waals surface area (Å²) in [5, 5.41) is 12.1. The number of aromatic hydroxyl groups is 1. The highest BCUT2D eigenvalue weighted by Gasteiger charge is 2.26. The summed E-state index contributed by atoms with van der Waals surface area (Å²) in [6.07, 6.45) is 15.6. The van der Waals surface area contributed by atoms with Gasteiger partial charge >= 0.3 is 0 Å². The zero-order valence-corrected chi connectivity index (χ0v) is 18.3. The molecule has 3 heteroatoms. The van der Waals surface area contributed by atoms with Crippen molar-refractivity contribution in [1.82, 2.24) is 0 Å². The zero-order valence-electron chi connectivity index (χ0n) is 18.3. The Morgan fingerprint density at radius 3 is 2.45 bits per heavy atom. The predicted molar refractivity (Wildman–Crippen MR) is 123 cm³/mol. The molecule has 0 atom stereocenters. The summed E-state index contributed by atoms with van der Waals surface area (Å²) in [7, 11) is 0. The van der Waals surface area contributed by atoms with Crippen LogP contribution in [0.2, 0.25) is 0 Å². The Hall–Kier alpha value is -2.81. The number of nitrogens with one attached hydrogen (secondary N) is 1. The fraction of sp³-hybridized carbons (Fsp3) is 0.346. The Labute approximate surface area is 175 Å². The van der Waals surface area contributed by atoms with Gasteiger partial charge in [-0.2, -0.15) is 0 Å². The van der Waals surface area contributed by atoms with Crippen molar-refractivity contribution in [1.29, 1.82) is 0 Å². The van der Waals surface area contributed by atoms with Gasteiger partial charge in [-0.25, -0.2) is 0 Å². The quantitative estimate of drug-likeness (QED) is 0.316. The van der Waals surface area contributed by atoms with E-state index in [1.807, 2.05) is 19.1 Å². The van der Waals surface area contributed by atoms with Crippen molar-refractivity contribution >= 4 is 11.6 Å². The van der Waals surface area contributed by atoms with Gasteiger partial charge in [0.2, 0.25) is 5.91 Å². The van der Waals surface area contributed by atoms with E-state index in [-0.39, 0.29) is 17.1 Å². The number of phenolic OH excluding ortho intramolecular Hbond substituents is 1. The molecule has 1 aliphatic carbocycles. The van der Waals surface area contributed by atoms with Crippen LogP contribution in [0.5, 0.6) is 5.75 Å². The minimum Gasteiger partial charge on any atom is -0.508 e. The van der Waals surface area contributed by atoms with E-state index in [2.05, 4.69) is 51.2 Å². The van der Waals surface area contributed by atoms with Crippen LogP contribution in [0, 0.1) is 5.41 Å². The van der Waals surface area contributed by atoms with Crippen LogP contribution in [0.3, 0.4) is 0 Å². The van der Waals surface area contributed by atoms with Crippen LogP contribution in [0.15, 0.2) is 83.0 Å². The topological polar surface area (TPSA) is 49.3 Å². The minimum absolute atomic E-state index is 0.173. The molecule has 1 aromatic rings. The largest absolute Gasteiger partial charge is 0.508 e. The van der Waals surface area contributed by atoms with E-state index in [0.29, 0.717) is 5.69 Å². The summed E-state index contributed by atoms with van der Waals surface area (Å²) < 4.78 is 0. The highest BCUT2D eigenvalue weighted by Crippen LogP contribution is 2.40. The van der Waals surface area contributed by atoms with Gasteiger partial charge in [-0.3, -0.25) is 4.79 Å². The maximum atomic E-state index is 12.1. The Morgan fingerprint density at radius 2 is 1.79 bits per heavy atom. The van der Waals surface area contributed by atoms with Crippen LogP contribution in [0.4, 0.5) is 5.69 Å². The Kier molecular flexibility index (Phi) is 7.83. The van der Waals surface area contributed by atoms with Crippen molar-refractivity contribution in [3.63, 3.8) is 0 Å². The summed E-state index contributed by atoms with van der Waals surface area (Å²) >= 11 is 0. The average Bonchev–Trinajstić information content (AvgIpc) is 2.62. The lowest BCUT2D eigenvalue weighted by molar-refractivity contribution is -0.111. The third-order valence-electron chi connectivity index (χ3n) is 5.27. The van der Waals surface area contributed by atoms with E-state index in [0.717, 1.165) is 5.57 Å². The number of hydrogen-bond donors (Lipinski definition) is 2. The SMILES string of the molecule is CC1=C(/C=C/C(C)=C\C=C/C(C)=C\C(=O)Nc2ccc(O)cc2)C(C)(C)CCC1. The summed E-state index contributed by atoms with van der Waals surface area (Å²) in [5.41, 5.74) is 5.89. The van der Waals surface area contributed by atoms with E-state index in [9.17, 15) is 9.90 Å². The summed E-state index contributed by atoms with van der Waals surface area (Å²) in [5.74, 6) is -0.0206. The van der Waals surface area contributed by atoms with Crippen LogP contribution in [-0.2, 0) is 4.79 Å². The number of rotatable bonds is 6. The second kappa shape index (κ2) is 10.1. The highest BCUT2D eigenvalue weighted by molar-refractivity contribution is 5.99. The molecule has 0 bridgehead atoms. The molecule has 1 amide bonds. The molecule has 0 radical (unpaired) electrons. The first-order chi connectivity index (χ1) is 13.7. The van der Waals surface area contributed by atoms with E-state index < -0.39 is 0 Å². The first kappa shape index (κ1) is 22.5.